The van der Waals surface area contributed by atoms with Crippen LogP contribution in [0.2, 0.25) is 5.28 Å². The molecule has 1 aliphatic carbocycles. The van der Waals surface area contributed by atoms with E-state index in [1.54, 1.807) is 0 Å². The first-order valence-electron chi connectivity index (χ1n) is 6.95. The number of hydrogen-bond acceptors (Lipinski definition) is 5. The minimum absolute atomic E-state index is 0.0558. The number of rotatable bonds is 6. The van der Waals surface area contributed by atoms with Crippen LogP contribution in [0.15, 0.2) is 0 Å². The minimum Gasteiger partial charge on any atom is -0.354 e. The average Bonchev–Trinajstić information content (AvgIpc) is 2.38. The van der Waals surface area contributed by atoms with Crippen molar-refractivity contribution < 1.29 is 22.0 Å². The third kappa shape index (κ3) is 5.02. The molecule has 0 aromatic carbocycles. The van der Waals surface area contributed by atoms with Crippen LogP contribution >= 0.6 is 11.6 Å². The lowest BCUT2D eigenvalue weighted by atomic mass is 9.81. The first-order chi connectivity index (χ1) is 10.6. The number of halogens is 6. The maximum absolute atomic E-state index is 12.7. The van der Waals surface area contributed by atoms with Crippen LogP contribution in [0.25, 0.3) is 0 Å². The van der Waals surface area contributed by atoms with Gasteiger partial charge < -0.3 is 10.6 Å². The highest BCUT2D eigenvalue weighted by Crippen LogP contribution is 2.42. The normalized spacial score (nSPS) is 19.1. The Hall–Kier alpha value is -1.45. The van der Waals surface area contributed by atoms with Gasteiger partial charge in [0.05, 0.1) is 0 Å². The van der Waals surface area contributed by atoms with Crippen LogP contribution in [0.4, 0.5) is 33.8 Å². The van der Waals surface area contributed by atoms with Crippen LogP contribution in [0, 0.1) is 5.92 Å². The fourth-order valence-electron chi connectivity index (χ4n) is 2.23. The van der Waals surface area contributed by atoms with Crippen molar-refractivity contribution in [1.82, 2.24) is 15.0 Å². The van der Waals surface area contributed by atoms with Crippen molar-refractivity contribution in [3.63, 3.8) is 0 Å². The number of nitrogens with one attached hydrogen (secondary N) is 2. The van der Waals surface area contributed by atoms with Crippen LogP contribution in [-0.2, 0) is 0 Å². The van der Waals surface area contributed by atoms with E-state index >= 15 is 0 Å². The quantitative estimate of drug-likeness (QED) is 0.758. The number of aromatic nitrogens is 3. The maximum Gasteiger partial charge on any atom is 0.408 e. The van der Waals surface area contributed by atoms with E-state index in [1.165, 1.54) is 6.92 Å². The Morgan fingerprint density at radius 2 is 1.83 bits per heavy atom. The van der Waals surface area contributed by atoms with E-state index < -0.39 is 18.1 Å². The molecule has 0 aliphatic heterocycles. The molecule has 11 heteroatoms. The molecule has 2 rings (SSSR count). The number of anilines is 2. The molecule has 0 spiro atoms. The summed E-state index contributed by atoms with van der Waals surface area (Å²) in [5.74, 6) is -3.26. The van der Waals surface area contributed by atoms with Gasteiger partial charge in [0.1, 0.15) is 6.04 Å². The fraction of sp³-hybridized carbons (Fsp3) is 0.750. The summed E-state index contributed by atoms with van der Waals surface area (Å²) in [6, 6.07) is -1.82. The summed E-state index contributed by atoms with van der Waals surface area (Å²) in [4.78, 5) is 11.1. The largest absolute Gasteiger partial charge is 0.408 e. The van der Waals surface area contributed by atoms with E-state index in [9.17, 15) is 22.0 Å². The van der Waals surface area contributed by atoms with Gasteiger partial charge in [0, 0.05) is 19.4 Å². The van der Waals surface area contributed by atoms with E-state index in [4.69, 9.17) is 11.6 Å². The average molecular weight is 360 g/mol. The van der Waals surface area contributed by atoms with Crippen LogP contribution in [0.3, 0.4) is 0 Å². The zero-order valence-electron chi connectivity index (χ0n) is 12.1. The van der Waals surface area contributed by atoms with Gasteiger partial charge in [-0.2, -0.15) is 28.1 Å². The van der Waals surface area contributed by atoms with Crippen molar-refractivity contribution in [2.24, 2.45) is 5.92 Å². The van der Waals surface area contributed by atoms with Crippen molar-refractivity contribution in [2.75, 3.05) is 17.2 Å². The Kier molecular flexibility index (Phi) is 5.12. The Morgan fingerprint density at radius 1 is 1.22 bits per heavy atom. The van der Waals surface area contributed by atoms with Gasteiger partial charge in [-0.3, -0.25) is 0 Å². The van der Waals surface area contributed by atoms with Gasteiger partial charge in [-0.25, -0.2) is 8.78 Å². The highest BCUT2D eigenvalue weighted by molar-refractivity contribution is 6.28. The second-order valence-corrected chi connectivity index (χ2v) is 5.75. The lowest BCUT2D eigenvalue weighted by molar-refractivity contribution is -0.143. The van der Waals surface area contributed by atoms with Crippen molar-refractivity contribution in [1.29, 1.82) is 0 Å². The molecule has 1 aromatic heterocycles. The summed E-state index contributed by atoms with van der Waals surface area (Å²) >= 11 is 5.66. The summed E-state index contributed by atoms with van der Waals surface area (Å²) in [7, 11) is 0. The molecule has 0 bridgehead atoms. The third-order valence-electron chi connectivity index (χ3n) is 3.44. The molecule has 1 aliphatic rings. The molecule has 5 nitrogen and oxygen atoms in total. The van der Waals surface area contributed by atoms with Crippen LogP contribution in [0.1, 0.15) is 26.2 Å². The van der Waals surface area contributed by atoms with Gasteiger partial charge in [0.15, 0.2) is 0 Å². The van der Waals surface area contributed by atoms with E-state index in [0.29, 0.717) is 0 Å². The van der Waals surface area contributed by atoms with Crippen molar-refractivity contribution in [3.05, 3.63) is 5.28 Å². The Balaban J connectivity index is 1.98. The minimum atomic E-state index is -4.46. The molecule has 1 aromatic rings. The molecule has 0 saturated heterocycles. The molecule has 130 valence electrons. The molecule has 0 radical (unpaired) electrons. The monoisotopic (exact) mass is 359 g/mol. The highest BCUT2D eigenvalue weighted by Gasteiger charge is 2.45. The predicted octanol–water partition coefficient (Wildman–Crippen LogP) is 3.74. The topological polar surface area (TPSA) is 62.7 Å². The van der Waals surface area contributed by atoms with Crippen molar-refractivity contribution in [3.8, 4) is 0 Å². The van der Waals surface area contributed by atoms with Crippen LogP contribution in [0.5, 0.6) is 0 Å². The lowest BCUT2D eigenvalue weighted by Gasteiger charge is -2.34. The van der Waals surface area contributed by atoms with Crippen molar-refractivity contribution in [2.45, 2.75) is 44.3 Å². The van der Waals surface area contributed by atoms with E-state index in [1.807, 2.05) is 0 Å². The van der Waals surface area contributed by atoms with Gasteiger partial charge in [0.2, 0.25) is 23.1 Å². The lowest BCUT2D eigenvalue weighted by Crippen LogP contribution is -2.39. The van der Waals surface area contributed by atoms with E-state index in [2.05, 4.69) is 25.6 Å². The predicted molar refractivity (Wildman–Crippen MR) is 74.8 cm³/mol. The first kappa shape index (κ1) is 17.9. The molecule has 1 saturated carbocycles. The van der Waals surface area contributed by atoms with E-state index in [-0.39, 0.29) is 48.9 Å². The Labute approximate surface area is 134 Å². The number of nitrogens with zero attached hydrogens (tertiary/aromatic N) is 3. The molecule has 1 atom stereocenters. The number of alkyl halides is 5. The van der Waals surface area contributed by atoms with Gasteiger partial charge in [-0.1, -0.05) is 6.92 Å². The maximum atomic E-state index is 12.7. The molecule has 0 amide bonds. The van der Waals surface area contributed by atoms with Gasteiger partial charge >= 0.3 is 6.18 Å². The zero-order valence-corrected chi connectivity index (χ0v) is 12.8. The summed E-state index contributed by atoms with van der Waals surface area (Å²) in [5.41, 5.74) is 0. The standard InChI is InChI=1S/C12H15ClF5N5/c1-2-7(12(16,17)18)20-10-22-8(13)21-9(23-10)19-5-6-3-11(14,15)4-6/h6-7H,2-5H2,1H3,(H2,19,20,21,22,23)/t7-/m1/s1. The molecule has 2 N–H and O–H groups in total. The summed E-state index contributed by atoms with van der Waals surface area (Å²) in [6.45, 7) is 1.55. The zero-order chi connectivity index (χ0) is 17.3. The molecular weight excluding hydrogens is 345 g/mol. The second-order valence-electron chi connectivity index (χ2n) is 5.41. The van der Waals surface area contributed by atoms with Gasteiger partial charge in [-0.15, -0.1) is 0 Å². The molecular formula is C12H15ClF5N5. The SMILES string of the molecule is CC[C@@H](Nc1nc(Cl)nc(NCC2CC(F)(F)C2)n1)C(F)(F)F. The van der Waals surface area contributed by atoms with E-state index in [0.717, 1.165) is 0 Å². The third-order valence-corrected chi connectivity index (χ3v) is 3.61. The molecule has 0 unspecified atom stereocenters. The molecule has 23 heavy (non-hydrogen) atoms. The van der Waals surface area contributed by atoms with Crippen LogP contribution in [-0.4, -0.2) is 39.6 Å². The number of hydrogen-bond donors (Lipinski definition) is 2. The summed E-state index contributed by atoms with van der Waals surface area (Å²) in [5, 5.41) is 4.55. The fourth-order valence-corrected chi connectivity index (χ4v) is 2.39. The summed E-state index contributed by atoms with van der Waals surface area (Å²) in [6.07, 6.45) is -5.16. The molecule has 1 fully saturated rings. The summed E-state index contributed by atoms with van der Waals surface area (Å²) < 4.78 is 63.7. The molecule has 1 heterocycles. The second kappa shape index (κ2) is 6.58. The van der Waals surface area contributed by atoms with Crippen LogP contribution < -0.4 is 10.6 Å². The van der Waals surface area contributed by atoms with Gasteiger partial charge in [0.25, 0.3) is 0 Å². The van der Waals surface area contributed by atoms with Crippen molar-refractivity contribution >= 4 is 23.5 Å². The Bertz CT molecular complexity index is 545. The highest BCUT2D eigenvalue weighted by atomic mass is 35.5. The first-order valence-corrected chi connectivity index (χ1v) is 7.33. The Morgan fingerprint density at radius 3 is 2.35 bits per heavy atom. The smallest absolute Gasteiger partial charge is 0.354 e. The van der Waals surface area contributed by atoms with Gasteiger partial charge in [-0.05, 0) is 23.9 Å².